The minimum absolute atomic E-state index is 0.0776. The molecule has 0 aliphatic carbocycles. The molecule has 122 valence electrons. The summed E-state index contributed by atoms with van der Waals surface area (Å²) in [6, 6.07) is 5.70. The number of thioether (sulfide) groups is 1. The van der Waals surface area contributed by atoms with Crippen molar-refractivity contribution in [1.82, 2.24) is 15.5 Å². The second-order valence-corrected chi connectivity index (χ2v) is 8.14. The molecule has 1 atom stereocenters. The first kappa shape index (κ1) is 16.5. The fraction of sp³-hybridized carbons (Fsp3) is 0.400. The molecule has 1 amide bonds. The van der Waals surface area contributed by atoms with Gasteiger partial charge in [0.1, 0.15) is 0 Å². The molecule has 0 saturated carbocycles. The number of carbonyl (C=O) groups excluding carboxylic acids is 1. The maximum Gasteiger partial charge on any atom is 0.233 e. The number of nitrogens with zero attached hydrogens (tertiary/aromatic N) is 2. The SMILES string of the molecule is Cc1c(Cl)cccc1Nc1nnc(SC2CCCCNC2=O)s1. The van der Waals surface area contributed by atoms with Crippen molar-refractivity contribution in [3.05, 3.63) is 28.8 Å². The van der Waals surface area contributed by atoms with Gasteiger partial charge in [-0.25, -0.2) is 0 Å². The number of rotatable bonds is 4. The fourth-order valence-corrected chi connectivity index (χ4v) is 4.56. The van der Waals surface area contributed by atoms with Gasteiger partial charge in [-0.15, -0.1) is 10.2 Å². The Balaban J connectivity index is 1.68. The third-order valence-corrected chi connectivity index (χ3v) is 6.24. The molecule has 8 heteroatoms. The maximum absolute atomic E-state index is 12.0. The van der Waals surface area contributed by atoms with Crippen molar-refractivity contribution < 1.29 is 4.79 Å². The van der Waals surface area contributed by atoms with Crippen LogP contribution in [0.1, 0.15) is 24.8 Å². The Kier molecular flexibility index (Phi) is 5.40. The van der Waals surface area contributed by atoms with Gasteiger partial charge in [0, 0.05) is 17.3 Å². The molecule has 1 unspecified atom stereocenters. The summed E-state index contributed by atoms with van der Waals surface area (Å²) >= 11 is 9.07. The lowest BCUT2D eigenvalue weighted by Crippen LogP contribution is -2.30. The Morgan fingerprint density at radius 3 is 3.13 bits per heavy atom. The number of hydrogen-bond acceptors (Lipinski definition) is 6. The lowest BCUT2D eigenvalue weighted by Gasteiger charge is -2.09. The molecule has 0 bridgehead atoms. The Morgan fingerprint density at radius 2 is 2.26 bits per heavy atom. The molecular weight excluding hydrogens is 352 g/mol. The van der Waals surface area contributed by atoms with E-state index < -0.39 is 0 Å². The van der Waals surface area contributed by atoms with Crippen molar-refractivity contribution in [2.24, 2.45) is 0 Å². The lowest BCUT2D eigenvalue weighted by atomic mass is 10.2. The average Bonchev–Trinajstić information content (AvgIpc) is 2.87. The third-order valence-electron chi connectivity index (χ3n) is 3.64. The molecular formula is C15H17ClN4OS2. The van der Waals surface area contributed by atoms with Crippen LogP contribution in [0, 0.1) is 6.92 Å². The number of amides is 1. The summed E-state index contributed by atoms with van der Waals surface area (Å²) in [6.07, 6.45) is 2.98. The highest BCUT2D eigenvalue weighted by Gasteiger charge is 2.23. The number of anilines is 2. The topological polar surface area (TPSA) is 66.9 Å². The van der Waals surface area contributed by atoms with Gasteiger partial charge in [-0.1, -0.05) is 47.2 Å². The predicted molar refractivity (Wildman–Crippen MR) is 95.9 cm³/mol. The lowest BCUT2D eigenvalue weighted by molar-refractivity contribution is -0.120. The van der Waals surface area contributed by atoms with Gasteiger partial charge in [0.2, 0.25) is 11.0 Å². The van der Waals surface area contributed by atoms with E-state index in [1.165, 1.54) is 23.1 Å². The molecule has 0 spiro atoms. The zero-order chi connectivity index (χ0) is 16.2. The normalized spacial score (nSPS) is 18.3. The van der Waals surface area contributed by atoms with Crippen LogP contribution in [0.4, 0.5) is 10.8 Å². The first-order valence-electron chi connectivity index (χ1n) is 7.43. The molecule has 2 heterocycles. The second kappa shape index (κ2) is 7.51. The summed E-state index contributed by atoms with van der Waals surface area (Å²) in [5.41, 5.74) is 1.89. The summed E-state index contributed by atoms with van der Waals surface area (Å²) in [5.74, 6) is 0.0999. The molecule has 1 aliphatic rings. The van der Waals surface area contributed by atoms with Crippen molar-refractivity contribution in [1.29, 1.82) is 0 Å². The molecule has 5 nitrogen and oxygen atoms in total. The van der Waals surface area contributed by atoms with Crippen LogP contribution in [0.2, 0.25) is 5.02 Å². The third kappa shape index (κ3) is 4.16. The zero-order valence-corrected chi connectivity index (χ0v) is 15.0. The van der Waals surface area contributed by atoms with Gasteiger partial charge in [-0.3, -0.25) is 4.79 Å². The number of aromatic nitrogens is 2. The molecule has 23 heavy (non-hydrogen) atoms. The molecule has 0 radical (unpaired) electrons. The molecule has 2 N–H and O–H groups in total. The molecule has 1 saturated heterocycles. The van der Waals surface area contributed by atoms with Crippen LogP contribution in [0.15, 0.2) is 22.5 Å². The second-order valence-electron chi connectivity index (χ2n) is 5.30. The van der Waals surface area contributed by atoms with E-state index in [0.717, 1.165) is 41.4 Å². The summed E-state index contributed by atoms with van der Waals surface area (Å²) in [6.45, 7) is 2.73. The number of benzene rings is 1. The summed E-state index contributed by atoms with van der Waals surface area (Å²) < 4.78 is 0.800. The van der Waals surface area contributed by atoms with E-state index in [-0.39, 0.29) is 11.2 Å². The number of hydrogen-bond donors (Lipinski definition) is 2. The van der Waals surface area contributed by atoms with Crippen molar-refractivity contribution in [3.8, 4) is 0 Å². The maximum atomic E-state index is 12.0. The summed E-state index contributed by atoms with van der Waals surface area (Å²) in [4.78, 5) is 12.0. The minimum Gasteiger partial charge on any atom is -0.355 e. The van der Waals surface area contributed by atoms with Crippen molar-refractivity contribution in [2.45, 2.75) is 35.8 Å². The van der Waals surface area contributed by atoms with Gasteiger partial charge in [0.15, 0.2) is 4.34 Å². The van der Waals surface area contributed by atoms with Crippen LogP contribution < -0.4 is 10.6 Å². The Labute approximate surface area is 148 Å². The van der Waals surface area contributed by atoms with Crippen LogP contribution >= 0.6 is 34.7 Å². The van der Waals surface area contributed by atoms with Crippen LogP contribution in [0.25, 0.3) is 0 Å². The standard InChI is InChI=1S/C15H17ClN4OS2/c1-9-10(16)5-4-6-11(9)18-14-19-20-15(23-14)22-12-7-2-3-8-17-13(12)21/h4-6,12H,2-3,7-8H2,1H3,(H,17,21)(H,18,19). The van der Waals surface area contributed by atoms with E-state index in [4.69, 9.17) is 11.6 Å². The average molecular weight is 369 g/mol. The van der Waals surface area contributed by atoms with E-state index in [1.807, 2.05) is 25.1 Å². The Hall–Kier alpha value is -1.31. The van der Waals surface area contributed by atoms with E-state index in [1.54, 1.807) is 0 Å². The Morgan fingerprint density at radius 1 is 1.39 bits per heavy atom. The highest BCUT2D eigenvalue weighted by Crippen LogP contribution is 2.34. The largest absolute Gasteiger partial charge is 0.355 e. The van der Waals surface area contributed by atoms with E-state index >= 15 is 0 Å². The monoisotopic (exact) mass is 368 g/mol. The van der Waals surface area contributed by atoms with Gasteiger partial charge in [0.25, 0.3) is 0 Å². The van der Waals surface area contributed by atoms with Crippen LogP contribution in [-0.2, 0) is 4.79 Å². The van der Waals surface area contributed by atoms with Crippen LogP contribution in [0.3, 0.4) is 0 Å². The van der Waals surface area contributed by atoms with Gasteiger partial charge < -0.3 is 10.6 Å². The Bertz CT molecular complexity index is 707. The summed E-state index contributed by atoms with van der Waals surface area (Å²) in [5, 5.41) is 15.9. The minimum atomic E-state index is -0.0776. The molecule has 1 fully saturated rings. The summed E-state index contributed by atoms with van der Waals surface area (Å²) in [7, 11) is 0. The van der Waals surface area contributed by atoms with Crippen molar-refractivity contribution in [3.63, 3.8) is 0 Å². The molecule has 2 aromatic rings. The first-order valence-corrected chi connectivity index (χ1v) is 9.51. The zero-order valence-electron chi connectivity index (χ0n) is 12.6. The van der Waals surface area contributed by atoms with Gasteiger partial charge >= 0.3 is 0 Å². The first-order chi connectivity index (χ1) is 11.1. The molecule has 1 aromatic heterocycles. The fourth-order valence-electron chi connectivity index (χ4n) is 2.31. The van der Waals surface area contributed by atoms with Crippen molar-refractivity contribution >= 4 is 51.4 Å². The van der Waals surface area contributed by atoms with Crippen LogP contribution in [-0.4, -0.2) is 27.9 Å². The van der Waals surface area contributed by atoms with E-state index in [2.05, 4.69) is 20.8 Å². The highest BCUT2D eigenvalue weighted by atomic mass is 35.5. The van der Waals surface area contributed by atoms with Gasteiger partial charge in [-0.2, -0.15) is 0 Å². The molecule has 1 aromatic carbocycles. The molecule has 3 rings (SSSR count). The highest BCUT2D eigenvalue weighted by molar-refractivity contribution is 8.02. The number of halogens is 1. The van der Waals surface area contributed by atoms with E-state index in [9.17, 15) is 4.79 Å². The smallest absolute Gasteiger partial charge is 0.233 e. The van der Waals surface area contributed by atoms with Gasteiger partial charge in [0.05, 0.1) is 5.25 Å². The number of nitrogens with one attached hydrogen (secondary N) is 2. The van der Waals surface area contributed by atoms with Crippen LogP contribution in [0.5, 0.6) is 0 Å². The van der Waals surface area contributed by atoms with E-state index in [0.29, 0.717) is 10.2 Å². The van der Waals surface area contributed by atoms with Gasteiger partial charge in [-0.05, 0) is 37.5 Å². The predicted octanol–water partition coefficient (Wildman–Crippen LogP) is 4.00. The van der Waals surface area contributed by atoms with Crippen molar-refractivity contribution in [2.75, 3.05) is 11.9 Å². The number of carbonyl (C=O) groups is 1. The quantitative estimate of drug-likeness (QED) is 0.853. The molecule has 1 aliphatic heterocycles.